The Hall–Kier alpha value is -9.12. The molecule has 316 valence electrons. The fourth-order valence-electron chi connectivity index (χ4n) is 10.4. The summed E-state index contributed by atoms with van der Waals surface area (Å²) in [5.41, 5.74) is 17.6. The molecule has 0 fully saturated rings. The molecule has 0 N–H and O–H groups in total. The smallest absolute Gasteiger partial charge is 0.143 e. The highest BCUT2D eigenvalue weighted by Gasteiger charge is 2.21. The van der Waals surface area contributed by atoms with Gasteiger partial charge in [-0.25, -0.2) is 4.98 Å². The number of aromatic nitrogens is 2. The van der Waals surface area contributed by atoms with Crippen molar-refractivity contribution in [3.8, 4) is 66.9 Å². The van der Waals surface area contributed by atoms with Gasteiger partial charge in [0, 0.05) is 49.0 Å². The first-order chi connectivity index (χ1) is 33.7. The molecule has 0 aliphatic rings. The second-order valence-corrected chi connectivity index (χ2v) is 17.6. The van der Waals surface area contributed by atoms with Gasteiger partial charge >= 0.3 is 0 Å². The quantitative estimate of drug-likeness (QED) is 0.156. The molecule has 0 radical (unpaired) electrons. The van der Waals surface area contributed by atoms with Crippen LogP contribution in [-0.4, -0.2) is 9.97 Å². The van der Waals surface area contributed by atoms with Gasteiger partial charge in [-0.3, -0.25) is 4.98 Å². The zero-order valence-electron chi connectivity index (χ0n) is 36.7. The number of para-hydroxylation sites is 1. The van der Waals surface area contributed by atoms with Crippen molar-refractivity contribution in [1.82, 2.24) is 9.97 Å². The molecule has 0 bridgehead atoms. The Bertz CT molecular complexity index is 4270. The van der Waals surface area contributed by atoms with Crippen LogP contribution in [0.5, 0.6) is 0 Å². The standard InChI is InChI=1S/C64H38N2O2/c1-4-15-39(16-5-1)42-27-29-59-55(34-42)53-26-14-25-48(63(53)67-59)45-31-46(33-47(32-45)58-38-65-61-51-23-12-10-21-49(51)50-22-11-13-24-52(50)62(61)66-58)54-36-44(41-19-8-3-9-20-41)37-57-56-35-43(40-17-6-2-7-18-40)28-30-60(56)68-64(54)57/h1-38H. The molecule has 3 heterocycles. The summed E-state index contributed by atoms with van der Waals surface area (Å²) in [6, 6.07) is 79.5. The SMILES string of the molecule is c1ccc(-c2ccc3oc4c(-c5cc(-c6cnc7c8ccccc8c8ccccc8c7n6)cc(-c6cc(-c7ccccc7)cc7c6oc6ccc(-c8ccccc8)cc67)c5)cccc4c3c2)cc1. The van der Waals surface area contributed by atoms with Crippen molar-refractivity contribution in [3.05, 3.63) is 231 Å². The number of fused-ring (bicyclic) bond motifs is 12. The lowest BCUT2D eigenvalue weighted by Gasteiger charge is -2.14. The van der Waals surface area contributed by atoms with Crippen LogP contribution in [0, 0.1) is 0 Å². The zero-order valence-corrected chi connectivity index (χ0v) is 36.7. The molecule has 14 aromatic rings. The van der Waals surface area contributed by atoms with Crippen LogP contribution in [0.3, 0.4) is 0 Å². The third kappa shape index (κ3) is 6.15. The maximum atomic E-state index is 6.97. The molecule has 68 heavy (non-hydrogen) atoms. The average molecular weight is 867 g/mol. The highest BCUT2D eigenvalue weighted by molar-refractivity contribution is 6.23. The Morgan fingerprint density at radius 3 is 1.35 bits per heavy atom. The van der Waals surface area contributed by atoms with Gasteiger partial charge in [0.15, 0.2) is 0 Å². The van der Waals surface area contributed by atoms with E-state index in [0.29, 0.717) is 0 Å². The van der Waals surface area contributed by atoms with E-state index < -0.39 is 0 Å². The van der Waals surface area contributed by atoms with Gasteiger partial charge in [-0.15, -0.1) is 0 Å². The number of rotatable bonds is 6. The molecule has 0 spiro atoms. The molecule has 4 nitrogen and oxygen atoms in total. The Morgan fingerprint density at radius 2 is 0.735 bits per heavy atom. The van der Waals surface area contributed by atoms with Crippen LogP contribution in [0.1, 0.15) is 0 Å². The predicted octanol–water partition coefficient (Wildman–Crippen LogP) is 17.7. The summed E-state index contributed by atoms with van der Waals surface area (Å²) in [6.07, 6.45) is 1.93. The Morgan fingerprint density at radius 1 is 0.265 bits per heavy atom. The molecule has 0 aliphatic heterocycles. The van der Waals surface area contributed by atoms with Crippen molar-refractivity contribution in [3.63, 3.8) is 0 Å². The number of furan rings is 2. The van der Waals surface area contributed by atoms with E-state index in [0.717, 1.165) is 132 Å². The van der Waals surface area contributed by atoms with Gasteiger partial charge in [-0.1, -0.05) is 170 Å². The monoisotopic (exact) mass is 866 g/mol. The molecule has 11 aromatic carbocycles. The first-order valence-electron chi connectivity index (χ1n) is 23.0. The highest BCUT2D eigenvalue weighted by Crippen LogP contribution is 2.45. The first-order valence-corrected chi connectivity index (χ1v) is 23.0. The van der Waals surface area contributed by atoms with Crippen molar-refractivity contribution in [2.24, 2.45) is 0 Å². The van der Waals surface area contributed by atoms with Crippen LogP contribution in [0.4, 0.5) is 0 Å². The second kappa shape index (κ2) is 15.2. The van der Waals surface area contributed by atoms with E-state index in [1.807, 2.05) is 6.20 Å². The second-order valence-electron chi connectivity index (χ2n) is 17.6. The number of hydrogen-bond donors (Lipinski definition) is 0. The lowest BCUT2D eigenvalue weighted by Crippen LogP contribution is -1.94. The first kappa shape index (κ1) is 38.2. The van der Waals surface area contributed by atoms with Gasteiger partial charge in [-0.05, 0) is 110 Å². The molecule has 4 heteroatoms. The van der Waals surface area contributed by atoms with E-state index in [1.54, 1.807) is 0 Å². The third-order valence-electron chi connectivity index (χ3n) is 13.7. The fraction of sp³-hybridized carbons (Fsp3) is 0. The summed E-state index contributed by atoms with van der Waals surface area (Å²) < 4.78 is 13.8. The molecule has 0 unspecified atom stereocenters. The number of benzene rings is 11. The lowest BCUT2D eigenvalue weighted by molar-refractivity contribution is 0.670. The summed E-state index contributed by atoms with van der Waals surface area (Å²) in [4.78, 5) is 10.7. The largest absolute Gasteiger partial charge is 0.455 e. The molecule has 14 rings (SSSR count). The van der Waals surface area contributed by atoms with Crippen LogP contribution in [0.25, 0.3) is 143 Å². The molecular weight excluding hydrogens is 829 g/mol. The van der Waals surface area contributed by atoms with Gasteiger partial charge in [-0.2, -0.15) is 0 Å². The van der Waals surface area contributed by atoms with Crippen molar-refractivity contribution in [2.45, 2.75) is 0 Å². The minimum Gasteiger partial charge on any atom is -0.455 e. The van der Waals surface area contributed by atoms with Crippen LogP contribution < -0.4 is 0 Å². The molecule has 0 aliphatic carbocycles. The van der Waals surface area contributed by atoms with Crippen molar-refractivity contribution in [1.29, 1.82) is 0 Å². The van der Waals surface area contributed by atoms with Crippen LogP contribution >= 0.6 is 0 Å². The van der Waals surface area contributed by atoms with Gasteiger partial charge < -0.3 is 8.83 Å². The summed E-state index contributed by atoms with van der Waals surface area (Å²) >= 11 is 0. The van der Waals surface area contributed by atoms with Gasteiger partial charge in [0.05, 0.1) is 22.9 Å². The van der Waals surface area contributed by atoms with Crippen molar-refractivity contribution in [2.75, 3.05) is 0 Å². The molecular formula is C64H38N2O2. The van der Waals surface area contributed by atoms with Crippen molar-refractivity contribution >= 4 is 76.5 Å². The molecule has 3 aromatic heterocycles. The predicted molar refractivity (Wildman–Crippen MR) is 282 cm³/mol. The van der Waals surface area contributed by atoms with E-state index in [-0.39, 0.29) is 0 Å². The summed E-state index contributed by atoms with van der Waals surface area (Å²) in [5, 5.41) is 8.74. The van der Waals surface area contributed by atoms with E-state index in [9.17, 15) is 0 Å². The zero-order chi connectivity index (χ0) is 44.7. The van der Waals surface area contributed by atoms with Gasteiger partial charge in [0.2, 0.25) is 0 Å². The number of hydrogen-bond acceptors (Lipinski definition) is 4. The lowest BCUT2D eigenvalue weighted by atomic mass is 9.91. The Balaban J connectivity index is 1.04. The highest BCUT2D eigenvalue weighted by atomic mass is 16.3. The minimum atomic E-state index is 0.776. The molecule has 0 saturated heterocycles. The maximum Gasteiger partial charge on any atom is 0.143 e. The summed E-state index contributed by atoms with van der Waals surface area (Å²) in [7, 11) is 0. The van der Waals surface area contributed by atoms with Crippen molar-refractivity contribution < 1.29 is 8.83 Å². The van der Waals surface area contributed by atoms with Crippen LogP contribution in [-0.2, 0) is 0 Å². The molecule has 0 saturated carbocycles. The molecule has 0 amide bonds. The Labute approximate surface area is 391 Å². The van der Waals surface area contributed by atoms with E-state index >= 15 is 0 Å². The topological polar surface area (TPSA) is 52.1 Å². The van der Waals surface area contributed by atoms with E-state index in [2.05, 4.69) is 224 Å². The third-order valence-corrected chi connectivity index (χ3v) is 13.7. The Kier molecular flexibility index (Phi) is 8.55. The molecule has 0 atom stereocenters. The van der Waals surface area contributed by atoms with Gasteiger partial charge in [0.1, 0.15) is 22.3 Å². The summed E-state index contributed by atoms with van der Waals surface area (Å²) in [6.45, 7) is 0. The normalized spacial score (nSPS) is 11.8. The fourth-order valence-corrected chi connectivity index (χ4v) is 10.4. The van der Waals surface area contributed by atoms with Crippen LogP contribution in [0.2, 0.25) is 0 Å². The number of nitrogens with zero attached hydrogens (tertiary/aromatic N) is 2. The van der Waals surface area contributed by atoms with E-state index in [4.69, 9.17) is 18.8 Å². The van der Waals surface area contributed by atoms with E-state index in [1.165, 1.54) is 10.9 Å². The summed E-state index contributed by atoms with van der Waals surface area (Å²) in [5.74, 6) is 0. The average Bonchev–Trinajstić information content (AvgIpc) is 3.99. The van der Waals surface area contributed by atoms with Gasteiger partial charge in [0.25, 0.3) is 0 Å². The minimum absolute atomic E-state index is 0.776. The maximum absolute atomic E-state index is 6.97. The van der Waals surface area contributed by atoms with Crippen LogP contribution in [0.15, 0.2) is 239 Å².